The van der Waals surface area contributed by atoms with Gasteiger partial charge in [-0.3, -0.25) is 0 Å². The van der Waals surface area contributed by atoms with Gasteiger partial charge in [0.15, 0.2) is 17.5 Å². The molecule has 0 atom stereocenters. The summed E-state index contributed by atoms with van der Waals surface area (Å²) in [7, 11) is 2.08. The third-order valence-electron chi connectivity index (χ3n) is 2.83. The van der Waals surface area contributed by atoms with Crippen LogP contribution in [0.25, 0.3) is 16.8 Å². The second kappa shape index (κ2) is 4.82. The second-order valence-corrected chi connectivity index (χ2v) is 3.93. The third-order valence-corrected chi connectivity index (χ3v) is 2.83. The van der Waals surface area contributed by atoms with Crippen molar-refractivity contribution in [3.63, 3.8) is 0 Å². The molecule has 0 aliphatic rings. The van der Waals surface area contributed by atoms with Gasteiger partial charge in [0, 0.05) is 33.2 Å². The molecule has 0 aliphatic carbocycles. The van der Waals surface area contributed by atoms with Crippen molar-refractivity contribution in [1.29, 1.82) is 0 Å². The maximum atomic E-state index is 2.16. The van der Waals surface area contributed by atoms with E-state index in [2.05, 4.69) is 64.9 Å². The molecule has 0 N–H and O–H groups in total. The van der Waals surface area contributed by atoms with E-state index in [1.165, 1.54) is 16.8 Å². The average Bonchev–Trinajstić information content (AvgIpc) is 2.66. The van der Waals surface area contributed by atoms with Crippen LogP contribution in [0.5, 0.6) is 0 Å². The Kier molecular flexibility index (Phi) is 3.41. The van der Waals surface area contributed by atoms with Crippen molar-refractivity contribution in [1.82, 2.24) is 8.97 Å². The van der Waals surface area contributed by atoms with E-state index in [1.807, 2.05) is 12.1 Å². The maximum absolute atomic E-state index is 2.16. The fourth-order valence-corrected chi connectivity index (χ4v) is 2.13. The molecule has 0 spiro atoms. The van der Waals surface area contributed by atoms with Crippen molar-refractivity contribution in [2.24, 2.45) is 7.05 Å². The van der Waals surface area contributed by atoms with Gasteiger partial charge < -0.3 is 0 Å². The number of aromatic nitrogens is 2. The Labute approximate surface area is 114 Å². The molecule has 0 saturated heterocycles. The molecule has 2 nitrogen and oxygen atoms in total. The number of pyridine rings is 1. The molecule has 0 fully saturated rings. The summed E-state index contributed by atoms with van der Waals surface area (Å²) < 4.78 is 4.30. The Bertz CT molecular complexity index is 629. The zero-order chi connectivity index (χ0) is 11.0. The standard InChI is InChI=1S/C14H13N2.Ir/c1-15-11-16-10-6-5-9-13(16)14(15)12-7-3-2-4-8-12;/h2-11H,1H3;/q+1;. The van der Waals surface area contributed by atoms with Crippen molar-refractivity contribution < 1.29 is 20.1 Å². The van der Waals surface area contributed by atoms with Gasteiger partial charge in [0.05, 0.1) is 11.8 Å². The fraction of sp³-hybridized carbons (Fsp3) is 0.0714. The van der Waals surface area contributed by atoms with Crippen LogP contribution in [0.3, 0.4) is 0 Å². The number of hydrogen-bond donors (Lipinski definition) is 0. The molecule has 0 amide bonds. The van der Waals surface area contributed by atoms with Crippen LogP contribution >= 0.6 is 0 Å². The van der Waals surface area contributed by atoms with Crippen LogP contribution in [0.2, 0.25) is 0 Å². The maximum Gasteiger partial charge on any atom is 0.191 e. The molecular weight excluding hydrogens is 388 g/mol. The van der Waals surface area contributed by atoms with Gasteiger partial charge in [0.1, 0.15) is 0 Å². The van der Waals surface area contributed by atoms with E-state index in [9.17, 15) is 0 Å². The molecule has 0 unspecified atom stereocenters. The molecule has 2 heterocycles. The van der Waals surface area contributed by atoms with E-state index in [0.717, 1.165) is 0 Å². The first-order chi connectivity index (χ1) is 7.86. The molecule has 17 heavy (non-hydrogen) atoms. The molecule has 3 aromatic rings. The minimum absolute atomic E-state index is 0. The van der Waals surface area contributed by atoms with Crippen LogP contribution in [0.4, 0.5) is 0 Å². The number of benzene rings is 1. The monoisotopic (exact) mass is 402 g/mol. The van der Waals surface area contributed by atoms with E-state index >= 15 is 0 Å². The van der Waals surface area contributed by atoms with Crippen molar-refractivity contribution in [3.05, 3.63) is 61.1 Å². The van der Waals surface area contributed by atoms with Gasteiger partial charge in [-0.1, -0.05) is 18.2 Å². The van der Waals surface area contributed by atoms with Crippen molar-refractivity contribution in [3.8, 4) is 11.3 Å². The Hall–Kier alpha value is -1.44. The SMILES string of the molecule is Cn1[cH+]n2ccccc2c1-c1ccccc1.[Ir]. The second-order valence-electron chi connectivity index (χ2n) is 3.93. The number of nitrogens with zero attached hydrogens (tertiary/aromatic N) is 2. The van der Waals surface area contributed by atoms with Crippen molar-refractivity contribution >= 4 is 5.52 Å². The summed E-state index contributed by atoms with van der Waals surface area (Å²) in [5.41, 5.74) is 3.73. The minimum atomic E-state index is 0. The van der Waals surface area contributed by atoms with Crippen LogP contribution in [-0.4, -0.2) is 8.97 Å². The molecule has 2 aromatic heterocycles. The largest absolute Gasteiger partial charge is 0.247 e. The fourth-order valence-electron chi connectivity index (χ4n) is 2.13. The van der Waals surface area contributed by atoms with Crippen LogP contribution in [0.1, 0.15) is 0 Å². The number of fused-ring (bicyclic) bond motifs is 1. The first-order valence-corrected chi connectivity index (χ1v) is 5.37. The van der Waals surface area contributed by atoms with Gasteiger partial charge in [-0.15, -0.1) is 0 Å². The van der Waals surface area contributed by atoms with Crippen LogP contribution in [0, 0.1) is 0 Å². The van der Waals surface area contributed by atoms with E-state index in [-0.39, 0.29) is 20.1 Å². The van der Waals surface area contributed by atoms with Gasteiger partial charge in [0.25, 0.3) is 0 Å². The number of aryl methyl sites for hydroxylation is 1. The van der Waals surface area contributed by atoms with Crippen LogP contribution in [-0.2, 0) is 27.2 Å². The summed E-state index contributed by atoms with van der Waals surface area (Å²) in [5.74, 6) is 0. The number of rotatable bonds is 1. The smallest absolute Gasteiger partial charge is 0.191 e. The molecule has 1 aromatic carbocycles. The predicted molar refractivity (Wildman–Crippen MR) is 66.2 cm³/mol. The summed E-state index contributed by atoms with van der Waals surface area (Å²) in [6.07, 6.45) is 4.17. The summed E-state index contributed by atoms with van der Waals surface area (Å²) in [4.78, 5) is 0. The van der Waals surface area contributed by atoms with Gasteiger partial charge in [0.2, 0.25) is 0 Å². The van der Waals surface area contributed by atoms with Gasteiger partial charge in [-0.2, -0.15) is 4.40 Å². The quantitative estimate of drug-likeness (QED) is 0.554. The summed E-state index contributed by atoms with van der Waals surface area (Å²) in [6, 6.07) is 16.7. The van der Waals surface area contributed by atoms with Crippen LogP contribution in [0.15, 0.2) is 61.1 Å². The Morgan fingerprint density at radius 1 is 0.941 bits per heavy atom. The zero-order valence-electron chi connectivity index (χ0n) is 9.50. The molecule has 1 radical (unpaired) electrons. The Morgan fingerprint density at radius 3 is 2.41 bits per heavy atom. The number of hydrogen-bond acceptors (Lipinski definition) is 0. The predicted octanol–water partition coefficient (Wildman–Crippen LogP) is 3.22. The van der Waals surface area contributed by atoms with Gasteiger partial charge >= 0.3 is 0 Å². The topological polar surface area (TPSA) is 9.34 Å². The molecule has 3 rings (SSSR count). The summed E-state index contributed by atoms with van der Waals surface area (Å²) in [6.45, 7) is 0. The minimum Gasteiger partial charge on any atom is -0.247 e. The molecule has 0 saturated carbocycles. The van der Waals surface area contributed by atoms with E-state index in [0.29, 0.717) is 0 Å². The molecule has 3 heteroatoms. The first kappa shape index (κ1) is 12.0. The molecule has 0 aliphatic heterocycles. The Balaban J connectivity index is 0.00000108. The molecule has 87 valence electrons. The van der Waals surface area contributed by atoms with E-state index in [1.54, 1.807) is 0 Å². The van der Waals surface area contributed by atoms with E-state index < -0.39 is 0 Å². The van der Waals surface area contributed by atoms with Crippen molar-refractivity contribution in [2.45, 2.75) is 0 Å². The zero-order valence-corrected chi connectivity index (χ0v) is 11.9. The Morgan fingerprint density at radius 2 is 1.65 bits per heavy atom. The van der Waals surface area contributed by atoms with Crippen LogP contribution < -0.4 is 0 Å². The summed E-state index contributed by atoms with van der Waals surface area (Å²) >= 11 is 0. The normalized spacial score (nSPS) is 10.2. The molecule has 0 bridgehead atoms. The third kappa shape index (κ3) is 2.04. The first-order valence-electron chi connectivity index (χ1n) is 5.37. The molecular formula is C14H13IrN2+. The van der Waals surface area contributed by atoms with Crippen molar-refractivity contribution in [2.75, 3.05) is 0 Å². The van der Waals surface area contributed by atoms with Gasteiger partial charge in [-0.05, 0) is 24.3 Å². The average molecular weight is 401 g/mol. The van der Waals surface area contributed by atoms with Gasteiger partial charge in [-0.25, -0.2) is 4.57 Å². The summed E-state index contributed by atoms with van der Waals surface area (Å²) in [5, 5.41) is 0. The number of imidazole rings is 1. The van der Waals surface area contributed by atoms with E-state index in [4.69, 9.17) is 0 Å².